The molecule has 10 heteroatoms. The number of thiazole rings is 1. The predicted molar refractivity (Wildman–Crippen MR) is 150 cm³/mol. The zero-order valence-electron chi connectivity index (χ0n) is 21.9. The number of alkyl halides is 3. The standard InChI is InChI=1S/C30H28F3N3O3S/c1-18(2)20-7-9-22(10-8-20)27-26(21-11-13-24(14-12-21)30(31,32)33)36-29(40-27)35-17-19-3-5-23(6-4-19)28(39)34-16-15-25(37)38/h3-14,18H,15-17H2,1-2H3,(H,34,39)(H,35,36)(H,37,38). The molecule has 1 heterocycles. The minimum atomic E-state index is -4.42. The van der Waals surface area contributed by atoms with Crippen molar-refractivity contribution in [3.05, 3.63) is 95.1 Å². The first kappa shape index (κ1) is 28.8. The van der Waals surface area contributed by atoms with Gasteiger partial charge >= 0.3 is 12.1 Å². The van der Waals surface area contributed by atoms with Gasteiger partial charge in [0.2, 0.25) is 0 Å². The van der Waals surface area contributed by atoms with Crippen LogP contribution >= 0.6 is 11.3 Å². The molecule has 0 spiro atoms. The number of aromatic nitrogens is 1. The van der Waals surface area contributed by atoms with Gasteiger partial charge in [-0.05, 0) is 46.9 Å². The average molecular weight is 568 g/mol. The first-order valence-corrected chi connectivity index (χ1v) is 13.4. The van der Waals surface area contributed by atoms with Crippen LogP contribution in [0.1, 0.15) is 53.2 Å². The second kappa shape index (κ2) is 12.3. The lowest BCUT2D eigenvalue weighted by molar-refractivity contribution is -0.138. The van der Waals surface area contributed by atoms with Gasteiger partial charge in [-0.3, -0.25) is 9.59 Å². The minimum Gasteiger partial charge on any atom is -0.481 e. The molecule has 0 fully saturated rings. The average Bonchev–Trinajstić information content (AvgIpc) is 3.36. The highest BCUT2D eigenvalue weighted by Crippen LogP contribution is 2.40. The molecule has 0 bridgehead atoms. The number of carbonyl (C=O) groups excluding carboxylic acids is 1. The summed E-state index contributed by atoms with van der Waals surface area (Å²) in [6, 6.07) is 20.0. The maximum atomic E-state index is 13.1. The van der Waals surface area contributed by atoms with Gasteiger partial charge in [-0.2, -0.15) is 13.2 Å². The molecule has 40 heavy (non-hydrogen) atoms. The molecule has 0 unspecified atom stereocenters. The number of carbonyl (C=O) groups is 2. The van der Waals surface area contributed by atoms with E-state index in [9.17, 15) is 22.8 Å². The molecule has 0 saturated heterocycles. The fourth-order valence-corrected chi connectivity index (χ4v) is 4.95. The summed E-state index contributed by atoms with van der Waals surface area (Å²) >= 11 is 1.41. The van der Waals surface area contributed by atoms with Crippen LogP contribution in [0, 0.1) is 0 Å². The predicted octanol–water partition coefficient (Wildman–Crippen LogP) is 7.44. The smallest absolute Gasteiger partial charge is 0.416 e. The SMILES string of the molecule is CC(C)c1ccc(-c2sc(NCc3ccc(C(=O)NCCC(=O)O)cc3)nc2-c2ccc(C(F)(F)F)cc2)cc1. The number of nitrogens with one attached hydrogen (secondary N) is 2. The van der Waals surface area contributed by atoms with Gasteiger partial charge in [-0.15, -0.1) is 0 Å². The fourth-order valence-electron chi connectivity index (χ4n) is 3.96. The van der Waals surface area contributed by atoms with Gasteiger partial charge in [0.1, 0.15) is 0 Å². The molecule has 4 aromatic rings. The van der Waals surface area contributed by atoms with Gasteiger partial charge in [0.15, 0.2) is 5.13 Å². The van der Waals surface area contributed by atoms with Crippen LogP contribution < -0.4 is 10.6 Å². The summed E-state index contributed by atoms with van der Waals surface area (Å²) in [6.07, 6.45) is -4.57. The molecule has 0 saturated carbocycles. The number of halogens is 3. The number of hydrogen-bond donors (Lipinski definition) is 3. The molecule has 4 rings (SSSR count). The van der Waals surface area contributed by atoms with Crippen LogP contribution in [0.25, 0.3) is 21.7 Å². The highest BCUT2D eigenvalue weighted by atomic mass is 32.1. The summed E-state index contributed by atoms with van der Waals surface area (Å²) in [5.74, 6) is -0.972. The number of rotatable bonds is 10. The second-order valence-electron chi connectivity index (χ2n) is 9.50. The van der Waals surface area contributed by atoms with Crippen molar-refractivity contribution in [3.8, 4) is 21.7 Å². The summed E-state index contributed by atoms with van der Waals surface area (Å²) in [5.41, 5.74) is 3.86. The van der Waals surface area contributed by atoms with Crippen molar-refractivity contribution in [2.75, 3.05) is 11.9 Å². The lowest BCUT2D eigenvalue weighted by Gasteiger charge is -2.09. The lowest BCUT2D eigenvalue weighted by Crippen LogP contribution is -2.25. The highest BCUT2D eigenvalue weighted by molar-refractivity contribution is 7.19. The third-order valence-corrected chi connectivity index (χ3v) is 7.30. The van der Waals surface area contributed by atoms with Gasteiger partial charge in [-0.1, -0.05) is 73.7 Å². The molecule has 3 N–H and O–H groups in total. The maximum Gasteiger partial charge on any atom is 0.416 e. The van der Waals surface area contributed by atoms with Crippen molar-refractivity contribution in [2.45, 2.75) is 38.9 Å². The van der Waals surface area contributed by atoms with E-state index >= 15 is 0 Å². The van der Waals surface area contributed by atoms with Gasteiger partial charge in [0.25, 0.3) is 5.91 Å². The number of anilines is 1. The van der Waals surface area contributed by atoms with Gasteiger partial charge in [0.05, 0.1) is 22.6 Å². The van der Waals surface area contributed by atoms with Crippen molar-refractivity contribution < 1.29 is 27.9 Å². The van der Waals surface area contributed by atoms with Crippen molar-refractivity contribution in [3.63, 3.8) is 0 Å². The highest BCUT2D eigenvalue weighted by Gasteiger charge is 2.30. The van der Waals surface area contributed by atoms with Crippen molar-refractivity contribution in [1.29, 1.82) is 0 Å². The van der Waals surface area contributed by atoms with Crippen molar-refractivity contribution >= 4 is 28.3 Å². The van der Waals surface area contributed by atoms with E-state index in [-0.39, 0.29) is 18.9 Å². The van der Waals surface area contributed by atoms with E-state index in [2.05, 4.69) is 24.5 Å². The van der Waals surface area contributed by atoms with Crippen molar-refractivity contribution in [1.82, 2.24) is 10.3 Å². The zero-order chi connectivity index (χ0) is 28.9. The quantitative estimate of drug-likeness (QED) is 0.185. The molecule has 3 aromatic carbocycles. The number of hydrogen-bond acceptors (Lipinski definition) is 5. The Bertz CT molecular complexity index is 1460. The second-order valence-corrected chi connectivity index (χ2v) is 10.5. The number of nitrogens with zero attached hydrogens (tertiary/aromatic N) is 1. The van der Waals surface area contributed by atoms with Gasteiger partial charge in [0, 0.05) is 24.2 Å². The van der Waals surface area contributed by atoms with E-state index in [0.717, 1.165) is 28.1 Å². The normalized spacial score (nSPS) is 11.4. The molecule has 6 nitrogen and oxygen atoms in total. The topological polar surface area (TPSA) is 91.3 Å². The molecule has 0 aliphatic rings. The number of aliphatic carboxylic acids is 1. The molecular weight excluding hydrogens is 539 g/mol. The Morgan fingerprint density at radius 3 is 2.12 bits per heavy atom. The molecule has 0 atom stereocenters. The van der Waals surface area contributed by atoms with Crippen LogP contribution in [0.3, 0.4) is 0 Å². The monoisotopic (exact) mass is 567 g/mol. The van der Waals surface area contributed by atoms with Crippen LogP contribution in [0.5, 0.6) is 0 Å². The van der Waals surface area contributed by atoms with Crippen LogP contribution in [-0.2, 0) is 17.5 Å². The van der Waals surface area contributed by atoms with E-state index in [1.165, 1.54) is 29.0 Å². The first-order chi connectivity index (χ1) is 19.0. The first-order valence-electron chi connectivity index (χ1n) is 12.6. The fraction of sp³-hybridized carbons (Fsp3) is 0.233. The molecule has 1 aromatic heterocycles. The lowest BCUT2D eigenvalue weighted by atomic mass is 10.00. The summed E-state index contributed by atoms with van der Waals surface area (Å²) < 4.78 is 39.4. The van der Waals surface area contributed by atoms with E-state index in [1.807, 2.05) is 24.3 Å². The molecular formula is C30H28F3N3O3S. The third-order valence-electron chi connectivity index (χ3n) is 6.24. The van der Waals surface area contributed by atoms with Gasteiger partial charge < -0.3 is 15.7 Å². The Hall–Kier alpha value is -4.18. The molecule has 0 radical (unpaired) electrons. The van der Waals surface area contributed by atoms with E-state index < -0.39 is 17.7 Å². The Morgan fingerprint density at radius 2 is 1.55 bits per heavy atom. The van der Waals surface area contributed by atoms with E-state index in [0.29, 0.717) is 34.4 Å². The summed E-state index contributed by atoms with van der Waals surface area (Å²) in [7, 11) is 0. The van der Waals surface area contributed by atoms with Crippen LogP contribution in [0.2, 0.25) is 0 Å². The number of carboxylic acid groups (broad SMARTS) is 1. The number of carboxylic acids is 1. The largest absolute Gasteiger partial charge is 0.481 e. The Balaban J connectivity index is 1.54. The Labute approximate surface area is 233 Å². The maximum absolute atomic E-state index is 13.1. The molecule has 1 amide bonds. The van der Waals surface area contributed by atoms with Crippen LogP contribution in [-0.4, -0.2) is 28.5 Å². The molecule has 0 aliphatic carbocycles. The number of benzene rings is 3. The molecule has 0 aliphatic heterocycles. The van der Waals surface area contributed by atoms with Crippen LogP contribution in [0.15, 0.2) is 72.8 Å². The Morgan fingerprint density at radius 1 is 0.925 bits per heavy atom. The van der Waals surface area contributed by atoms with Crippen LogP contribution in [0.4, 0.5) is 18.3 Å². The summed E-state index contributed by atoms with van der Waals surface area (Å²) in [4.78, 5) is 28.4. The number of amides is 1. The van der Waals surface area contributed by atoms with Crippen molar-refractivity contribution in [2.24, 2.45) is 0 Å². The molecule has 208 valence electrons. The summed E-state index contributed by atoms with van der Waals surface area (Å²) in [5, 5.41) is 15.2. The van der Waals surface area contributed by atoms with Gasteiger partial charge in [-0.25, -0.2) is 4.98 Å². The minimum absolute atomic E-state index is 0.0469. The van der Waals surface area contributed by atoms with E-state index in [4.69, 9.17) is 10.1 Å². The Kier molecular flexibility index (Phi) is 8.89. The third kappa shape index (κ3) is 7.26. The summed E-state index contributed by atoms with van der Waals surface area (Å²) in [6.45, 7) is 4.67. The zero-order valence-corrected chi connectivity index (χ0v) is 22.7. The van der Waals surface area contributed by atoms with E-state index in [1.54, 1.807) is 24.3 Å².